The van der Waals surface area contributed by atoms with Crippen LogP contribution in [0.4, 0.5) is 24.5 Å². The highest BCUT2D eigenvalue weighted by Gasteiger charge is 2.37. The van der Waals surface area contributed by atoms with E-state index in [0.29, 0.717) is 25.5 Å². The SMILES string of the molecule is Cc1cc(N2CCCC(C(=O)O)C2)c([N+](=O)[O-])cc1C(F)(F)F. The molecule has 1 aliphatic heterocycles. The molecule has 0 aromatic heterocycles. The van der Waals surface area contributed by atoms with Crippen LogP contribution in [0.3, 0.4) is 0 Å². The van der Waals surface area contributed by atoms with E-state index in [1.54, 1.807) is 0 Å². The van der Waals surface area contributed by atoms with E-state index < -0.39 is 34.2 Å². The Morgan fingerprint density at radius 2 is 2.09 bits per heavy atom. The average molecular weight is 332 g/mol. The van der Waals surface area contributed by atoms with Gasteiger partial charge < -0.3 is 10.0 Å². The highest BCUT2D eigenvalue weighted by atomic mass is 19.4. The lowest BCUT2D eigenvalue weighted by molar-refractivity contribution is -0.384. The standard InChI is InChI=1S/C14H15F3N2O4/c1-8-5-11(18-4-2-3-9(7-18)13(20)21)12(19(22)23)6-10(8)14(15,16)17/h5-6,9H,2-4,7H2,1H3,(H,20,21). The molecule has 1 fully saturated rings. The van der Waals surface area contributed by atoms with Gasteiger partial charge in [-0.3, -0.25) is 14.9 Å². The third-order valence-corrected chi connectivity index (χ3v) is 3.93. The second-order valence-corrected chi connectivity index (χ2v) is 5.53. The summed E-state index contributed by atoms with van der Waals surface area (Å²) in [7, 11) is 0. The molecule has 0 saturated carbocycles. The van der Waals surface area contributed by atoms with Gasteiger partial charge in [-0.2, -0.15) is 13.2 Å². The molecule has 1 aromatic carbocycles. The number of alkyl halides is 3. The van der Waals surface area contributed by atoms with Gasteiger partial charge in [0.25, 0.3) is 5.69 Å². The van der Waals surface area contributed by atoms with Crippen molar-refractivity contribution in [3.63, 3.8) is 0 Å². The molecular formula is C14H15F3N2O4. The second-order valence-electron chi connectivity index (χ2n) is 5.53. The predicted molar refractivity (Wildman–Crippen MR) is 75.4 cm³/mol. The molecule has 1 aliphatic rings. The van der Waals surface area contributed by atoms with E-state index in [9.17, 15) is 28.1 Å². The van der Waals surface area contributed by atoms with Crippen molar-refractivity contribution in [2.24, 2.45) is 5.92 Å². The molecule has 0 aliphatic carbocycles. The monoisotopic (exact) mass is 332 g/mol. The molecule has 9 heteroatoms. The molecule has 1 heterocycles. The van der Waals surface area contributed by atoms with E-state index in [1.807, 2.05) is 0 Å². The molecule has 1 saturated heterocycles. The van der Waals surface area contributed by atoms with Crippen molar-refractivity contribution in [1.29, 1.82) is 0 Å². The number of nitro groups is 1. The summed E-state index contributed by atoms with van der Waals surface area (Å²) < 4.78 is 38.8. The van der Waals surface area contributed by atoms with Crippen LogP contribution >= 0.6 is 0 Å². The molecule has 0 radical (unpaired) electrons. The number of benzene rings is 1. The molecule has 23 heavy (non-hydrogen) atoms. The Bertz CT molecular complexity index is 646. The van der Waals surface area contributed by atoms with E-state index in [0.717, 1.165) is 6.07 Å². The van der Waals surface area contributed by atoms with Crippen LogP contribution in [0.2, 0.25) is 0 Å². The minimum atomic E-state index is -4.68. The van der Waals surface area contributed by atoms with E-state index in [-0.39, 0.29) is 17.8 Å². The molecule has 0 bridgehead atoms. The number of nitro benzene ring substituents is 1. The summed E-state index contributed by atoms with van der Waals surface area (Å²) in [5.41, 5.74) is -1.81. The summed E-state index contributed by atoms with van der Waals surface area (Å²) in [6, 6.07) is 1.64. The Morgan fingerprint density at radius 1 is 1.43 bits per heavy atom. The Balaban J connectivity index is 2.47. The molecule has 0 amide bonds. The number of rotatable bonds is 3. The predicted octanol–water partition coefficient (Wildman–Crippen LogP) is 3.22. The van der Waals surface area contributed by atoms with Gasteiger partial charge in [-0.05, 0) is 31.4 Å². The van der Waals surface area contributed by atoms with Gasteiger partial charge in [0, 0.05) is 19.2 Å². The fourth-order valence-corrected chi connectivity index (χ4v) is 2.78. The van der Waals surface area contributed by atoms with Gasteiger partial charge in [0.05, 0.1) is 16.4 Å². The first-order chi connectivity index (χ1) is 10.6. The lowest BCUT2D eigenvalue weighted by Gasteiger charge is -2.32. The molecule has 1 atom stereocenters. The maximum absolute atomic E-state index is 12.9. The molecule has 2 rings (SSSR count). The van der Waals surface area contributed by atoms with Crippen LogP contribution in [-0.4, -0.2) is 29.1 Å². The first kappa shape index (κ1) is 17.0. The summed E-state index contributed by atoms with van der Waals surface area (Å²) in [6.45, 7) is 1.64. The molecule has 6 nitrogen and oxygen atoms in total. The smallest absolute Gasteiger partial charge is 0.416 e. The maximum Gasteiger partial charge on any atom is 0.416 e. The number of carboxylic acids is 1. The first-order valence-electron chi connectivity index (χ1n) is 6.95. The summed E-state index contributed by atoms with van der Waals surface area (Å²) in [4.78, 5) is 22.9. The van der Waals surface area contributed by atoms with Crippen molar-refractivity contribution in [3.8, 4) is 0 Å². The lowest BCUT2D eigenvalue weighted by Crippen LogP contribution is -2.39. The number of carboxylic acid groups (broad SMARTS) is 1. The maximum atomic E-state index is 12.9. The summed E-state index contributed by atoms with van der Waals surface area (Å²) in [6.07, 6.45) is -3.73. The number of aryl methyl sites for hydroxylation is 1. The topological polar surface area (TPSA) is 83.7 Å². The number of anilines is 1. The van der Waals surface area contributed by atoms with Gasteiger partial charge in [0.2, 0.25) is 0 Å². The van der Waals surface area contributed by atoms with Gasteiger partial charge in [0.1, 0.15) is 5.69 Å². The number of hydrogen-bond acceptors (Lipinski definition) is 4. The van der Waals surface area contributed by atoms with Crippen LogP contribution in [0.5, 0.6) is 0 Å². The van der Waals surface area contributed by atoms with Gasteiger partial charge in [-0.15, -0.1) is 0 Å². The van der Waals surface area contributed by atoms with Crippen LogP contribution in [-0.2, 0) is 11.0 Å². The number of piperidine rings is 1. The van der Waals surface area contributed by atoms with Gasteiger partial charge in [0.15, 0.2) is 0 Å². The van der Waals surface area contributed by atoms with Crippen LogP contribution < -0.4 is 4.90 Å². The number of nitrogens with zero attached hydrogens (tertiary/aromatic N) is 2. The average Bonchev–Trinajstić information content (AvgIpc) is 2.45. The highest BCUT2D eigenvalue weighted by molar-refractivity contribution is 5.73. The molecular weight excluding hydrogens is 317 g/mol. The Morgan fingerprint density at radius 3 is 2.61 bits per heavy atom. The number of carbonyl (C=O) groups is 1. The lowest BCUT2D eigenvalue weighted by atomic mass is 9.96. The minimum Gasteiger partial charge on any atom is -0.481 e. The zero-order valence-corrected chi connectivity index (χ0v) is 12.3. The van der Waals surface area contributed by atoms with Crippen molar-refractivity contribution in [1.82, 2.24) is 0 Å². The fraction of sp³-hybridized carbons (Fsp3) is 0.500. The van der Waals surface area contributed by atoms with E-state index >= 15 is 0 Å². The molecule has 1 aromatic rings. The van der Waals surface area contributed by atoms with E-state index in [2.05, 4.69) is 0 Å². The zero-order valence-electron chi connectivity index (χ0n) is 12.3. The van der Waals surface area contributed by atoms with Gasteiger partial charge >= 0.3 is 12.1 Å². The highest BCUT2D eigenvalue weighted by Crippen LogP contribution is 2.40. The normalized spacial score (nSPS) is 18.8. The molecule has 126 valence electrons. The van der Waals surface area contributed by atoms with Crippen molar-refractivity contribution >= 4 is 17.3 Å². The van der Waals surface area contributed by atoms with Crippen LogP contribution in [0.25, 0.3) is 0 Å². The van der Waals surface area contributed by atoms with Crippen LogP contribution in [0.15, 0.2) is 12.1 Å². The Kier molecular flexibility index (Phi) is 4.49. The number of halogens is 3. The summed E-state index contributed by atoms with van der Waals surface area (Å²) in [5, 5.41) is 20.2. The van der Waals surface area contributed by atoms with E-state index in [4.69, 9.17) is 5.11 Å². The molecule has 1 N–H and O–H groups in total. The Labute approximate surface area is 129 Å². The van der Waals surface area contributed by atoms with Crippen molar-refractivity contribution < 1.29 is 28.0 Å². The zero-order chi connectivity index (χ0) is 17.4. The van der Waals surface area contributed by atoms with Crippen molar-refractivity contribution in [2.75, 3.05) is 18.0 Å². The summed E-state index contributed by atoms with van der Waals surface area (Å²) in [5.74, 6) is -1.70. The van der Waals surface area contributed by atoms with Crippen LogP contribution in [0, 0.1) is 23.0 Å². The van der Waals surface area contributed by atoms with Crippen molar-refractivity contribution in [2.45, 2.75) is 25.9 Å². The first-order valence-corrected chi connectivity index (χ1v) is 6.95. The third kappa shape index (κ3) is 3.54. The Hall–Kier alpha value is -2.32. The molecule has 0 spiro atoms. The summed E-state index contributed by atoms with van der Waals surface area (Å²) >= 11 is 0. The quantitative estimate of drug-likeness (QED) is 0.679. The van der Waals surface area contributed by atoms with Gasteiger partial charge in [-0.25, -0.2) is 0 Å². The molecule has 1 unspecified atom stereocenters. The van der Waals surface area contributed by atoms with Crippen LogP contribution in [0.1, 0.15) is 24.0 Å². The fourth-order valence-electron chi connectivity index (χ4n) is 2.78. The van der Waals surface area contributed by atoms with Crippen molar-refractivity contribution in [3.05, 3.63) is 33.4 Å². The number of aliphatic carboxylic acids is 1. The minimum absolute atomic E-state index is 0.0338. The largest absolute Gasteiger partial charge is 0.481 e. The second kappa shape index (κ2) is 6.05. The van der Waals surface area contributed by atoms with Gasteiger partial charge in [-0.1, -0.05) is 0 Å². The third-order valence-electron chi connectivity index (χ3n) is 3.93. The number of hydrogen-bond donors (Lipinski definition) is 1. The van der Waals surface area contributed by atoms with E-state index in [1.165, 1.54) is 11.8 Å².